The van der Waals surface area contributed by atoms with Crippen LogP contribution < -0.4 is 10.1 Å². The number of methoxy groups -OCH3 is 1. The Morgan fingerprint density at radius 3 is 2.41 bits per heavy atom. The van der Waals surface area contributed by atoms with E-state index in [2.05, 4.69) is 24.1 Å². The summed E-state index contributed by atoms with van der Waals surface area (Å²) in [6.07, 6.45) is 0. The van der Waals surface area contributed by atoms with Gasteiger partial charge < -0.3 is 20.1 Å². The van der Waals surface area contributed by atoms with Crippen LogP contribution in [0.4, 0.5) is 0 Å². The number of hydrogen-bond donors (Lipinski definition) is 2. The number of carboxylic acids is 1. The number of benzene rings is 1. The van der Waals surface area contributed by atoms with Crippen LogP contribution in [0, 0.1) is 0 Å². The Bertz CT molecular complexity index is 545. The van der Waals surface area contributed by atoms with Gasteiger partial charge in [-0.2, -0.15) is 0 Å². The first-order valence-electron chi connectivity index (χ1n) is 7.05. The fourth-order valence-corrected chi connectivity index (χ4v) is 2.27. The summed E-state index contributed by atoms with van der Waals surface area (Å²) in [6.45, 7) is 7.16. The number of likely N-dealkylation sites (N-methyl/N-ethyl adjacent to an activating group) is 1. The van der Waals surface area contributed by atoms with E-state index in [0.29, 0.717) is 6.54 Å². The van der Waals surface area contributed by atoms with E-state index in [4.69, 9.17) is 21.4 Å². The number of carboxylic acid groups (broad SMARTS) is 1. The van der Waals surface area contributed by atoms with Gasteiger partial charge in [0.15, 0.2) is 0 Å². The number of nitrogens with one attached hydrogen (secondary N) is 1. The van der Waals surface area contributed by atoms with Crippen LogP contribution in [-0.4, -0.2) is 55.2 Å². The third-order valence-electron chi connectivity index (χ3n) is 3.37. The molecule has 0 spiro atoms. The lowest BCUT2D eigenvalue weighted by atomic mass is 10.1. The van der Waals surface area contributed by atoms with Crippen LogP contribution in [0.2, 0.25) is 5.02 Å². The molecule has 122 valence electrons. The molecule has 0 radical (unpaired) electrons. The predicted molar refractivity (Wildman–Crippen MR) is 85.1 cm³/mol. The number of aromatic carboxylic acids is 1. The van der Waals surface area contributed by atoms with Gasteiger partial charge in [0.05, 0.1) is 23.3 Å². The Hall–Kier alpha value is -1.79. The van der Waals surface area contributed by atoms with Crippen LogP contribution >= 0.6 is 11.6 Å². The van der Waals surface area contributed by atoms with Crippen LogP contribution in [0.1, 0.15) is 34.6 Å². The number of rotatable bonds is 8. The van der Waals surface area contributed by atoms with Crippen molar-refractivity contribution in [2.45, 2.75) is 13.8 Å². The van der Waals surface area contributed by atoms with Crippen molar-refractivity contribution in [3.63, 3.8) is 0 Å². The molecule has 0 saturated heterocycles. The first kappa shape index (κ1) is 18.3. The van der Waals surface area contributed by atoms with E-state index in [1.807, 2.05) is 0 Å². The average Bonchev–Trinajstić information content (AvgIpc) is 2.50. The zero-order valence-electron chi connectivity index (χ0n) is 13.0. The molecule has 0 atom stereocenters. The summed E-state index contributed by atoms with van der Waals surface area (Å²) in [5, 5.41) is 11.8. The highest BCUT2D eigenvalue weighted by Gasteiger charge is 2.18. The first-order valence-corrected chi connectivity index (χ1v) is 7.43. The third-order valence-corrected chi connectivity index (χ3v) is 3.68. The second-order valence-electron chi connectivity index (χ2n) is 4.62. The van der Waals surface area contributed by atoms with Gasteiger partial charge in [-0.15, -0.1) is 0 Å². The van der Waals surface area contributed by atoms with Gasteiger partial charge in [0.1, 0.15) is 5.75 Å². The SMILES string of the molecule is CCN(CC)CCNC(=O)c1cc(Cl)c(C(=O)O)cc1OC. The van der Waals surface area contributed by atoms with E-state index >= 15 is 0 Å². The third kappa shape index (κ3) is 4.61. The van der Waals surface area contributed by atoms with E-state index in [1.165, 1.54) is 19.2 Å². The molecule has 1 aromatic carbocycles. The molecule has 0 fully saturated rings. The number of carbonyl (C=O) groups excluding carboxylic acids is 1. The number of ether oxygens (including phenoxy) is 1. The van der Waals surface area contributed by atoms with E-state index in [1.54, 1.807) is 0 Å². The van der Waals surface area contributed by atoms with E-state index in [-0.39, 0.29) is 27.8 Å². The lowest BCUT2D eigenvalue weighted by molar-refractivity contribution is 0.0696. The maximum atomic E-state index is 12.2. The van der Waals surface area contributed by atoms with E-state index in [9.17, 15) is 9.59 Å². The highest BCUT2D eigenvalue weighted by atomic mass is 35.5. The van der Waals surface area contributed by atoms with Gasteiger partial charge in [0.2, 0.25) is 0 Å². The van der Waals surface area contributed by atoms with Crippen LogP contribution in [-0.2, 0) is 0 Å². The summed E-state index contributed by atoms with van der Waals surface area (Å²) in [4.78, 5) is 25.4. The summed E-state index contributed by atoms with van der Waals surface area (Å²) < 4.78 is 5.09. The zero-order chi connectivity index (χ0) is 16.7. The van der Waals surface area contributed by atoms with E-state index in [0.717, 1.165) is 19.6 Å². The van der Waals surface area contributed by atoms with Crippen molar-refractivity contribution in [3.05, 3.63) is 28.3 Å². The summed E-state index contributed by atoms with van der Waals surface area (Å²) >= 11 is 5.90. The number of carbonyl (C=O) groups is 2. The smallest absolute Gasteiger partial charge is 0.337 e. The summed E-state index contributed by atoms with van der Waals surface area (Å²) in [5.74, 6) is -1.33. The molecular formula is C15H21ClN2O4. The predicted octanol–water partition coefficient (Wildman–Crippen LogP) is 2.12. The minimum absolute atomic E-state index is 0.00203. The van der Waals surface area contributed by atoms with Crippen molar-refractivity contribution in [1.82, 2.24) is 10.2 Å². The monoisotopic (exact) mass is 328 g/mol. The Morgan fingerprint density at radius 1 is 1.27 bits per heavy atom. The fraction of sp³-hybridized carbons (Fsp3) is 0.467. The molecule has 6 nitrogen and oxygen atoms in total. The van der Waals surface area contributed by atoms with Crippen molar-refractivity contribution in [1.29, 1.82) is 0 Å². The van der Waals surface area contributed by atoms with Gasteiger partial charge in [-0.1, -0.05) is 25.4 Å². The molecule has 0 aliphatic heterocycles. The lowest BCUT2D eigenvalue weighted by Gasteiger charge is -2.18. The van der Waals surface area contributed by atoms with Crippen molar-refractivity contribution >= 4 is 23.5 Å². The Balaban J connectivity index is 2.85. The highest BCUT2D eigenvalue weighted by Crippen LogP contribution is 2.27. The van der Waals surface area contributed by atoms with Gasteiger partial charge in [-0.05, 0) is 25.2 Å². The second-order valence-corrected chi connectivity index (χ2v) is 5.03. The molecule has 22 heavy (non-hydrogen) atoms. The van der Waals surface area contributed by atoms with Crippen molar-refractivity contribution < 1.29 is 19.4 Å². The van der Waals surface area contributed by atoms with E-state index < -0.39 is 5.97 Å². The molecule has 0 saturated carbocycles. The largest absolute Gasteiger partial charge is 0.496 e. The second kappa shape index (κ2) is 8.60. The lowest BCUT2D eigenvalue weighted by Crippen LogP contribution is -2.35. The molecule has 0 aliphatic carbocycles. The van der Waals surface area contributed by atoms with Crippen molar-refractivity contribution in [2.24, 2.45) is 0 Å². The summed E-state index contributed by atoms with van der Waals surface area (Å²) in [5.41, 5.74) is 0.121. The molecule has 0 unspecified atom stereocenters. The molecule has 1 aromatic rings. The first-order chi connectivity index (χ1) is 10.4. The molecule has 1 rings (SSSR count). The Morgan fingerprint density at radius 2 is 1.91 bits per heavy atom. The van der Waals surface area contributed by atoms with Crippen LogP contribution in [0.3, 0.4) is 0 Å². The molecule has 1 amide bonds. The number of amides is 1. The molecule has 0 aromatic heterocycles. The van der Waals surface area contributed by atoms with Gasteiger partial charge in [-0.25, -0.2) is 4.79 Å². The molecule has 2 N–H and O–H groups in total. The van der Waals surface area contributed by atoms with Gasteiger partial charge in [0, 0.05) is 13.1 Å². The van der Waals surface area contributed by atoms with Crippen LogP contribution in [0.15, 0.2) is 12.1 Å². The minimum atomic E-state index is -1.17. The van der Waals surface area contributed by atoms with Gasteiger partial charge in [-0.3, -0.25) is 4.79 Å². The Labute approximate surface area is 135 Å². The molecule has 0 aliphatic rings. The molecular weight excluding hydrogens is 308 g/mol. The zero-order valence-corrected chi connectivity index (χ0v) is 13.7. The highest BCUT2D eigenvalue weighted by molar-refractivity contribution is 6.34. The number of nitrogens with zero attached hydrogens (tertiary/aromatic N) is 1. The van der Waals surface area contributed by atoms with Crippen molar-refractivity contribution in [3.8, 4) is 5.75 Å². The fourth-order valence-electron chi connectivity index (χ4n) is 2.03. The number of hydrogen-bond acceptors (Lipinski definition) is 4. The number of halogens is 1. The maximum absolute atomic E-state index is 12.2. The summed E-state index contributed by atoms with van der Waals surface area (Å²) in [6, 6.07) is 2.57. The van der Waals surface area contributed by atoms with Crippen LogP contribution in [0.25, 0.3) is 0 Å². The topological polar surface area (TPSA) is 78.9 Å². The summed E-state index contributed by atoms with van der Waals surface area (Å²) in [7, 11) is 1.38. The molecule has 0 bridgehead atoms. The van der Waals surface area contributed by atoms with Crippen molar-refractivity contribution in [2.75, 3.05) is 33.3 Å². The maximum Gasteiger partial charge on any atom is 0.337 e. The van der Waals surface area contributed by atoms with Gasteiger partial charge in [0.25, 0.3) is 5.91 Å². The normalized spacial score (nSPS) is 10.6. The Kier molecular flexibility index (Phi) is 7.14. The quantitative estimate of drug-likeness (QED) is 0.764. The van der Waals surface area contributed by atoms with Crippen LogP contribution in [0.5, 0.6) is 5.75 Å². The minimum Gasteiger partial charge on any atom is -0.496 e. The van der Waals surface area contributed by atoms with Gasteiger partial charge >= 0.3 is 5.97 Å². The standard InChI is InChI=1S/C15H21ClN2O4/c1-4-18(5-2)7-6-17-14(19)11-8-12(16)10(15(20)21)9-13(11)22-3/h8-9H,4-7H2,1-3H3,(H,17,19)(H,20,21). The molecule has 7 heteroatoms. The average molecular weight is 329 g/mol. The molecule has 0 heterocycles.